The molecule has 0 saturated carbocycles. The summed E-state index contributed by atoms with van der Waals surface area (Å²) in [6.45, 7) is 1.87. The average Bonchev–Trinajstić information content (AvgIpc) is 2.34. The minimum Gasteiger partial charge on any atom is -0.399 e. The molecule has 0 aliphatic carbocycles. The second kappa shape index (κ2) is 5.18. The van der Waals surface area contributed by atoms with Crippen molar-refractivity contribution in [2.24, 2.45) is 0 Å². The van der Waals surface area contributed by atoms with Gasteiger partial charge in [0.25, 0.3) is 5.91 Å². The minimum atomic E-state index is -0.214. The van der Waals surface area contributed by atoms with Gasteiger partial charge in [-0.2, -0.15) is 0 Å². The van der Waals surface area contributed by atoms with Gasteiger partial charge in [0.2, 0.25) is 0 Å². The van der Waals surface area contributed by atoms with Crippen molar-refractivity contribution in [1.29, 1.82) is 0 Å². The molecule has 3 N–H and O–H groups in total. The minimum absolute atomic E-state index is 0.214. The molecule has 0 aliphatic rings. The van der Waals surface area contributed by atoms with Crippen LogP contribution in [0.4, 0.5) is 11.4 Å². The van der Waals surface area contributed by atoms with Gasteiger partial charge < -0.3 is 11.1 Å². The Morgan fingerprint density at radius 2 is 2.11 bits per heavy atom. The smallest absolute Gasteiger partial charge is 0.257 e. The third kappa shape index (κ3) is 2.87. The Kier molecular flexibility index (Phi) is 3.62. The van der Waals surface area contributed by atoms with Crippen molar-refractivity contribution in [3.63, 3.8) is 0 Å². The lowest BCUT2D eigenvalue weighted by molar-refractivity contribution is 0.102. The van der Waals surface area contributed by atoms with Gasteiger partial charge in [-0.3, -0.25) is 9.78 Å². The third-order valence-electron chi connectivity index (χ3n) is 2.41. The van der Waals surface area contributed by atoms with Crippen molar-refractivity contribution >= 4 is 33.2 Å². The van der Waals surface area contributed by atoms with Crippen LogP contribution in [0.3, 0.4) is 0 Å². The normalized spacial score (nSPS) is 10.1. The number of hydrogen-bond donors (Lipinski definition) is 2. The molecule has 0 unspecified atom stereocenters. The SMILES string of the molecule is Cc1ccc(C(=O)Nc2cc(N)ccc2Br)cn1. The monoisotopic (exact) mass is 305 g/mol. The van der Waals surface area contributed by atoms with Crippen molar-refractivity contribution in [1.82, 2.24) is 4.98 Å². The molecule has 0 radical (unpaired) electrons. The van der Waals surface area contributed by atoms with Crippen LogP contribution in [-0.2, 0) is 0 Å². The molecule has 0 saturated heterocycles. The van der Waals surface area contributed by atoms with Crippen molar-refractivity contribution in [3.8, 4) is 0 Å². The van der Waals surface area contributed by atoms with Crippen LogP contribution in [-0.4, -0.2) is 10.9 Å². The van der Waals surface area contributed by atoms with Gasteiger partial charge in [0.1, 0.15) is 0 Å². The zero-order valence-electron chi connectivity index (χ0n) is 9.77. The second-order valence-electron chi connectivity index (χ2n) is 3.88. The summed E-state index contributed by atoms with van der Waals surface area (Å²) in [5.41, 5.74) is 8.29. The number of halogens is 1. The average molecular weight is 306 g/mol. The van der Waals surface area contributed by atoms with Crippen LogP contribution in [0.15, 0.2) is 41.0 Å². The number of nitrogens with one attached hydrogen (secondary N) is 1. The van der Waals surface area contributed by atoms with Crippen molar-refractivity contribution in [2.75, 3.05) is 11.1 Å². The van der Waals surface area contributed by atoms with Crippen LogP contribution in [0, 0.1) is 6.92 Å². The molecule has 1 heterocycles. The summed E-state index contributed by atoms with van der Waals surface area (Å²) >= 11 is 3.36. The molecule has 18 heavy (non-hydrogen) atoms. The fourth-order valence-electron chi connectivity index (χ4n) is 1.44. The Morgan fingerprint density at radius 1 is 1.33 bits per heavy atom. The third-order valence-corrected chi connectivity index (χ3v) is 3.10. The summed E-state index contributed by atoms with van der Waals surface area (Å²) in [4.78, 5) is 16.1. The number of carbonyl (C=O) groups is 1. The van der Waals surface area contributed by atoms with Crippen LogP contribution >= 0.6 is 15.9 Å². The number of carbonyl (C=O) groups excluding carboxylic acids is 1. The summed E-state index contributed by atoms with van der Waals surface area (Å²) in [6, 6.07) is 8.77. The number of nitrogens with zero attached hydrogens (tertiary/aromatic N) is 1. The van der Waals surface area contributed by atoms with Crippen molar-refractivity contribution in [2.45, 2.75) is 6.92 Å². The van der Waals surface area contributed by atoms with E-state index in [4.69, 9.17) is 5.73 Å². The van der Waals surface area contributed by atoms with Crippen LogP contribution in [0.2, 0.25) is 0 Å². The first kappa shape index (κ1) is 12.6. The quantitative estimate of drug-likeness (QED) is 0.838. The van der Waals surface area contributed by atoms with E-state index in [1.807, 2.05) is 6.92 Å². The maximum Gasteiger partial charge on any atom is 0.257 e. The van der Waals surface area contributed by atoms with Crippen LogP contribution in [0.5, 0.6) is 0 Å². The maximum absolute atomic E-state index is 12.0. The fraction of sp³-hybridized carbons (Fsp3) is 0.0769. The van der Waals surface area contributed by atoms with Gasteiger partial charge in [0.15, 0.2) is 0 Å². The summed E-state index contributed by atoms with van der Waals surface area (Å²) in [7, 11) is 0. The first-order chi connectivity index (χ1) is 8.56. The first-order valence-electron chi connectivity index (χ1n) is 5.35. The predicted octanol–water partition coefficient (Wildman–Crippen LogP) is 2.99. The van der Waals surface area contributed by atoms with E-state index in [0.29, 0.717) is 16.9 Å². The van der Waals surface area contributed by atoms with Gasteiger partial charge in [-0.1, -0.05) is 0 Å². The molecule has 0 aliphatic heterocycles. The Hall–Kier alpha value is -1.88. The molecule has 2 rings (SSSR count). The van der Waals surface area contributed by atoms with Gasteiger partial charge >= 0.3 is 0 Å². The largest absolute Gasteiger partial charge is 0.399 e. The van der Waals surface area contributed by atoms with E-state index in [1.165, 1.54) is 0 Å². The van der Waals surface area contributed by atoms with Gasteiger partial charge in [0.05, 0.1) is 11.3 Å². The summed E-state index contributed by atoms with van der Waals surface area (Å²) in [6.07, 6.45) is 1.55. The van der Waals surface area contributed by atoms with Crippen molar-refractivity contribution in [3.05, 3.63) is 52.3 Å². The van der Waals surface area contributed by atoms with Crippen molar-refractivity contribution < 1.29 is 4.79 Å². The van der Waals surface area contributed by atoms with E-state index >= 15 is 0 Å². The lowest BCUT2D eigenvalue weighted by Gasteiger charge is -2.08. The molecule has 0 bridgehead atoms. The Balaban J connectivity index is 2.21. The number of benzene rings is 1. The highest BCUT2D eigenvalue weighted by Gasteiger charge is 2.08. The molecule has 0 atom stereocenters. The Labute approximate surface area is 113 Å². The van der Waals surface area contributed by atoms with Gasteiger partial charge in [0, 0.05) is 22.1 Å². The maximum atomic E-state index is 12.0. The predicted molar refractivity (Wildman–Crippen MR) is 75.5 cm³/mol. The number of pyridine rings is 1. The summed E-state index contributed by atoms with van der Waals surface area (Å²) in [5, 5.41) is 2.78. The van der Waals surface area contributed by atoms with Gasteiger partial charge in [-0.25, -0.2) is 0 Å². The molecule has 92 valence electrons. The lowest BCUT2D eigenvalue weighted by atomic mass is 10.2. The fourth-order valence-corrected chi connectivity index (χ4v) is 1.78. The first-order valence-corrected chi connectivity index (χ1v) is 6.14. The molecule has 4 nitrogen and oxygen atoms in total. The number of aryl methyl sites for hydroxylation is 1. The Bertz CT molecular complexity index is 581. The van der Waals surface area contributed by atoms with Crippen LogP contribution in [0.1, 0.15) is 16.1 Å². The number of hydrogen-bond acceptors (Lipinski definition) is 3. The van der Waals surface area contributed by atoms with E-state index in [1.54, 1.807) is 36.5 Å². The molecule has 0 spiro atoms. The van der Waals surface area contributed by atoms with Crippen LogP contribution < -0.4 is 11.1 Å². The number of amides is 1. The standard InChI is InChI=1S/C13H12BrN3O/c1-8-2-3-9(7-16-8)13(18)17-12-6-10(15)4-5-11(12)14/h2-7H,15H2,1H3,(H,17,18). The molecular weight excluding hydrogens is 294 g/mol. The molecule has 0 fully saturated rings. The van der Waals surface area contributed by atoms with Crippen LogP contribution in [0.25, 0.3) is 0 Å². The molecule has 2 aromatic rings. The number of nitrogen functional groups attached to an aromatic ring is 1. The molecule has 1 aromatic carbocycles. The second-order valence-corrected chi connectivity index (χ2v) is 4.74. The zero-order valence-corrected chi connectivity index (χ0v) is 11.4. The number of rotatable bonds is 2. The number of aromatic nitrogens is 1. The molecule has 1 aromatic heterocycles. The van der Waals surface area contributed by atoms with E-state index in [9.17, 15) is 4.79 Å². The summed E-state index contributed by atoms with van der Waals surface area (Å²) in [5.74, 6) is -0.214. The van der Waals surface area contributed by atoms with Gasteiger partial charge in [-0.15, -0.1) is 0 Å². The highest BCUT2D eigenvalue weighted by molar-refractivity contribution is 9.10. The van der Waals surface area contributed by atoms with E-state index in [2.05, 4.69) is 26.2 Å². The van der Waals surface area contributed by atoms with E-state index in [-0.39, 0.29) is 5.91 Å². The van der Waals surface area contributed by atoms with Gasteiger partial charge in [-0.05, 0) is 53.2 Å². The topological polar surface area (TPSA) is 68.0 Å². The Morgan fingerprint density at radius 3 is 2.78 bits per heavy atom. The highest BCUT2D eigenvalue weighted by atomic mass is 79.9. The zero-order chi connectivity index (χ0) is 13.1. The number of anilines is 2. The molecular formula is C13H12BrN3O. The summed E-state index contributed by atoms with van der Waals surface area (Å²) < 4.78 is 0.783. The molecule has 1 amide bonds. The number of nitrogens with two attached hydrogens (primary N) is 1. The van der Waals surface area contributed by atoms with E-state index < -0.39 is 0 Å². The highest BCUT2D eigenvalue weighted by Crippen LogP contribution is 2.25. The molecule has 5 heteroatoms. The van der Waals surface area contributed by atoms with E-state index in [0.717, 1.165) is 10.2 Å². The lowest BCUT2D eigenvalue weighted by Crippen LogP contribution is -2.12.